The number of carbonyl (C=O) groups is 1. The number of hydrogen-bond donors (Lipinski definition) is 4. The third-order valence-electron chi connectivity index (χ3n) is 3.60. The molecule has 2 heterocycles. The number of nitrogens with two attached hydrogens (primary N) is 1. The first kappa shape index (κ1) is 15.3. The number of carboxylic acid groups (broad SMARTS) is 1. The van der Waals surface area contributed by atoms with Gasteiger partial charge in [0.05, 0.1) is 18.4 Å². The number of aliphatic hydroxyl groups excluding tert-OH is 2. The van der Waals surface area contributed by atoms with E-state index >= 15 is 0 Å². The number of nitrogen functional groups attached to an aromatic ring is 1. The van der Waals surface area contributed by atoms with Crippen molar-refractivity contribution in [3.05, 3.63) is 12.1 Å². The molecule has 0 spiro atoms. The predicted molar refractivity (Wildman–Crippen MR) is 78.4 cm³/mol. The molecule has 0 amide bonds. The van der Waals surface area contributed by atoms with E-state index in [4.69, 9.17) is 10.8 Å². The first-order chi connectivity index (χ1) is 9.95. The van der Waals surface area contributed by atoms with Gasteiger partial charge in [0.25, 0.3) is 0 Å². The molecule has 0 aliphatic carbocycles. The summed E-state index contributed by atoms with van der Waals surface area (Å²) in [6.07, 6.45) is -0.536. The van der Waals surface area contributed by atoms with Crippen molar-refractivity contribution >= 4 is 23.3 Å². The fourth-order valence-corrected chi connectivity index (χ4v) is 2.50. The van der Waals surface area contributed by atoms with E-state index in [1.807, 2.05) is 0 Å². The van der Waals surface area contributed by atoms with Crippen LogP contribution in [-0.4, -0.2) is 65.2 Å². The molecule has 1 saturated heterocycles. The molecule has 1 fully saturated rings. The van der Waals surface area contributed by atoms with Crippen LogP contribution in [0.15, 0.2) is 12.1 Å². The zero-order valence-corrected chi connectivity index (χ0v) is 11.8. The van der Waals surface area contributed by atoms with Gasteiger partial charge in [-0.2, -0.15) is 0 Å². The standard InChI is InChI=1S/C13H20N4O4/c1-16(6-7-18)12-8(14)2-3-10(15-12)17-5-4-9(19)11(17)13(20)21/h2-3,9,11,18-19H,4-7,14H2,1H3,(H,20,21). The Morgan fingerprint density at radius 2 is 2.29 bits per heavy atom. The lowest BCUT2D eigenvalue weighted by atomic mass is 10.2. The topological polar surface area (TPSA) is 123 Å². The predicted octanol–water partition coefficient (Wildman–Crippen LogP) is -0.883. The van der Waals surface area contributed by atoms with Crippen LogP contribution in [0, 0.1) is 0 Å². The van der Waals surface area contributed by atoms with Crippen LogP contribution in [0.3, 0.4) is 0 Å². The number of anilines is 3. The van der Waals surface area contributed by atoms with E-state index in [-0.39, 0.29) is 6.61 Å². The number of likely N-dealkylation sites (N-methyl/N-ethyl adjacent to an activating group) is 1. The summed E-state index contributed by atoms with van der Waals surface area (Å²) in [4.78, 5) is 18.9. The minimum absolute atomic E-state index is 0.0397. The van der Waals surface area contributed by atoms with Gasteiger partial charge in [0.2, 0.25) is 0 Å². The van der Waals surface area contributed by atoms with Crippen molar-refractivity contribution in [1.82, 2.24) is 4.98 Å². The Morgan fingerprint density at radius 1 is 1.57 bits per heavy atom. The van der Waals surface area contributed by atoms with Crippen LogP contribution in [0.2, 0.25) is 0 Å². The van der Waals surface area contributed by atoms with Crippen molar-refractivity contribution in [2.24, 2.45) is 0 Å². The number of nitrogens with zero attached hydrogens (tertiary/aromatic N) is 3. The fourth-order valence-electron chi connectivity index (χ4n) is 2.50. The van der Waals surface area contributed by atoms with Crippen molar-refractivity contribution in [3.63, 3.8) is 0 Å². The van der Waals surface area contributed by atoms with Crippen molar-refractivity contribution < 1.29 is 20.1 Å². The van der Waals surface area contributed by atoms with Gasteiger partial charge in [-0.1, -0.05) is 0 Å². The normalized spacial score (nSPS) is 21.6. The van der Waals surface area contributed by atoms with E-state index in [0.717, 1.165) is 0 Å². The van der Waals surface area contributed by atoms with Crippen LogP contribution in [-0.2, 0) is 4.79 Å². The first-order valence-electron chi connectivity index (χ1n) is 6.71. The SMILES string of the molecule is CN(CCO)c1nc(N2CCC(O)C2C(=O)O)ccc1N. The molecule has 5 N–H and O–H groups in total. The lowest BCUT2D eigenvalue weighted by Crippen LogP contribution is -2.42. The second-order valence-electron chi connectivity index (χ2n) is 5.06. The van der Waals surface area contributed by atoms with Crippen LogP contribution in [0.5, 0.6) is 0 Å². The van der Waals surface area contributed by atoms with Crippen LogP contribution >= 0.6 is 0 Å². The zero-order chi connectivity index (χ0) is 15.6. The molecule has 2 unspecified atom stereocenters. The number of pyridine rings is 1. The van der Waals surface area contributed by atoms with E-state index in [1.165, 1.54) is 0 Å². The summed E-state index contributed by atoms with van der Waals surface area (Å²) in [5.41, 5.74) is 6.32. The van der Waals surface area contributed by atoms with E-state index < -0.39 is 18.1 Å². The Morgan fingerprint density at radius 3 is 2.90 bits per heavy atom. The Bertz CT molecular complexity index is 525. The van der Waals surface area contributed by atoms with Gasteiger partial charge in [0, 0.05) is 20.1 Å². The Labute approximate surface area is 122 Å². The minimum atomic E-state index is -1.08. The zero-order valence-electron chi connectivity index (χ0n) is 11.8. The quantitative estimate of drug-likeness (QED) is 0.552. The van der Waals surface area contributed by atoms with Crippen LogP contribution in [0.4, 0.5) is 17.3 Å². The number of rotatable bonds is 5. The number of aromatic nitrogens is 1. The van der Waals surface area contributed by atoms with Crippen LogP contribution in [0.1, 0.15) is 6.42 Å². The van der Waals surface area contributed by atoms with Crippen molar-refractivity contribution in [2.45, 2.75) is 18.6 Å². The lowest BCUT2D eigenvalue weighted by Gasteiger charge is -2.26. The van der Waals surface area contributed by atoms with Gasteiger partial charge in [0.1, 0.15) is 5.82 Å². The Kier molecular flexibility index (Phi) is 4.49. The Hall–Kier alpha value is -2.06. The summed E-state index contributed by atoms with van der Waals surface area (Å²) in [6, 6.07) is 2.28. The van der Waals surface area contributed by atoms with Gasteiger partial charge < -0.3 is 30.9 Å². The lowest BCUT2D eigenvalue weighted by molar-refractivity contribution is -0.140. The first-order valence-corrected chi connectivity index (χ1v) is 6.71. The molecule has 1 aromatic rings. The summed E-state index contributed by atoms with van der Waals surface area (Å²) in [5, 5.41) is 28.0. The average Bonchev–Trinajstić information content (AvgIpc) is 2.81. The van der Waals surface area contributed by atoms with Gasteiger partial charge in [-0.05, 0) is 18.6 Å². The smallest absolute Gasteiger partial charge is 0.329 e. The summed E-state index contributed by atoms with van der Waals surface area (Å²) < 4.78 is 0. The average molecular weight is 296 g/mol. The van der Waals surface area contributed by atoms with E-state index in [1.54, 1.807) is 29.0 Å². The van der Waals surface area contributed by atoms with Crippen molar-refractivity contribution in [3.8, 4) is 0 Å². The second-order valence-corrected chi connectivity index (χ2v) is 5.06. The monoisotopic (exact) mass is 296 g/mol. The molecule has 2 rings (SSSR count). The maximum atomic E-state index is 11.3. The highest BCUT2D eigenvalue weighted by Crippen LogP contribution is 2.29. The molecule has 0 bridgehead atoms. The number of carboxylic acids is 1. The molecule has 1 aliphatic heterocycles. The molecular formula is C13H20N4O4. The summed E-state index contributed by atoms with van der Waals surface area (Å²) in [6.45, 7) is 0.742. The maximum Gasteiger partial charge on any atom is 0.329 e. The highest BCUT2D eigenvalue weighted by molar-refractivity contribution is 5.80. The molecule has 2 atom stereocenters. The van der Waals surface area contributed by atoms with Crippen LogP contribution in [0.25, 0.3) is 0 Å². The molecule has 1 aromatic heterocycles. The van der Waals surface area contributed by atoms with Gasteiger partial charge in [-0.15, -0.1) is 0 Å². The van der Waals surface area contributed by atoms with Gasteiger partial charge in [-0.25, -0.2) is 9.78 Å². The van der Waals surface area contributed by atoms with E-state index in [9.17, 15) is 15.0 Å². The highest BCUT2D eigenvalue weighted by Gasteiger charge is 2.39. The minimum Gasteiger partial charge on any atom is -0.480 e. The second kappa shape index (κ2) is 6.15. The molecular weight excluding hydrogens is 276 g/mol. The molecule has 0 saturated carbocycles. The molecule has 8 heteroatoms. The molecule has 1 aliphatic rings. The third-order valence-corrected chi connectivity index (χ3v) is 3.60. The third kappa shape index (κ3) is 3.01. The maximum absolute atomic E-state index is 11.3. The number of aliphatic carboxylic acids is 1. The summed E-state index contributed by atoms with van der Waals surface area (Å²) in [5.74, 6) is -0.149. The highest BCUT2D eigenvalue weighted by atomic mass is 16.4. The van der Waals surface area contributed by atoms with Gasteiger partial charge in [-0.3, -0.25) is 0 Å². The molecule has 21 heavy (non-hydrogen) atoms. The van der Waals surface area contributed by atoms with Crippen molar-refractivity contribution in [2.75, 3.05) is 42.3 Å². The summed E-state index contributed by atoms with van der Waals surface area (Å²) >= 11 is 0. The van der Waals surface area contributed by atoms with Gasteiger partial charge in [0.15, 0.2) is 11.9 Å². The van der Waals surface area contributed by atoms with E-state index in [2.05, 4.69) is 4.98 Å². The largest absolute Gasteiger partial charge is 0.480 e. The van der Waals surface area contributed by atoms with Gasteiger partial charge >= 0.3 is 5.97 Å². The molecule has 0 aromatic carbocycles. The number of hydrogen-bond acceptors (Lipinski definition) is 7. The fraction of sp³-hybridized carbons (Fsp3) is 0.538. The molecule has 116 valence electrons. The molecule has 0 radical (unpaired) electrons. The van der Waals surface area contributed by atoms with Crippen molar-refractivity contribution in [1.29, 1.82) is 0 Å². The Balaban J connectivity index is 2.32. The van der Waals surface area contributed by atoms with E-state index in [0.29, 0.717) is 36.8 Å². The number of aliphatic hydroxyl groups is 2. The molecule has 8 nitrogen and oxygen atoms in total. The summed E-state index contributed by atoms with van der Waals surface area (Å²) in [7, 11) is 1.74. The van der Waals surface area contributed by atoms with Crippen LogP contribution < -0.4 is 15.5 Å².